The summed E-state index contributed by atoms with van der Waals surface area (Å²) in [5.41, 5.74) is 3.08. The largest absolute Gasteiger partial charge is 0.352 e. The zero-order valence-electron chi connectivity index (χ0n) is 16.8. The lowest BCUT2D eigenvalue weighted by Gasteiger charge is -2.22. The molecular weight excluding hydrogens is 336 g/mol. The summed E-state index contributed by atoms with van der Waals surface area (Å²) >= 11 is 0. The zero-order valence-corrected chi connectivity index (χ0v) is 16.8. The summed E-state index contributed by atoms with van der Waals surface area (Å²) in [4.78, 5) is 20.7. The number of guanidine groups is 1. The summed E-state index contributed by atoms with van der Waals surface area (Å²) in [7, 11) is 3.81. The monoisotopic (exact) mass is 366 g/mol. The third-order valence-corrected chi connectivity index (χ3v) is 4.54. The van der Waals surface area contributed by atoms with E-state index in [-0.39, 0.29) is 5.91 Å². The van der Waals surface area contributed by atoms with Crippen molar-refractivity contribution in [3.8, 4) is 0 Å². The third kappa shape index (κ3) is 5.84. The van der Waals surface area contributed by atoms with Gasteiger partial charge in [-0.15, -0.1) is 0 Å². The smallest absolute Gasteiger partial charge is 0.253 e. The van der Waals surface area contributed by atoms with Gasteiger partial charge < -0.3 is 15.1 Å². The molecule has 0 aliphatic heterocycles. The summed E-state index contributed by atoms with van der Waals surface area (Å²) in [5.74, 6) is 0.917. The van der Waals surface area contributed by atoms with Crippen molar-refractivity contribution in [3.63, 3.8) is 0 Å². The van der Waals surface area contributed by atoms with Gasteiger partial charge in [0.25, 0.3) is 5.91 Å². The molecule has 5 heteroatoms. The van der Waals surface area contributed by atoms with Crippen molar-refractivity contribution < 1.29 is 4.79 Å². The molecule has 2 rings (SSSR count). The number of rotatable bonds is 7. The van der Waals surface area contributed by atoms with E-state index < -0.39 is 0 Å². The van der Waals surface area contributed by atoms with Crippen LogP contribution in [0.15, 0.2) is 59.6 Å². The van der Waals surface area contributed by atoms with Gasteiger partial charge in [-0.2, -0.15) is 0 Å². The highest BCUT2D eigenvalue weighted by Crippen LogP contribution is 2.08. The van der Waals surface area contributed by atoms with E-state index in [2.05, 4.69) is 27.3 Å². The molecule has 0 fully saturated rings. The van der Waals surface area contributed by atoms with Gasteiger partial charge in [0.15, 0.2) is 5.96 Å². The molecule has 0 radical (unpaired) electrons. The van der Waals surface area contributed by atoms with Gasteiger partial charge in [0, 0.05) is 45.8 Å². The Bertz CT molecular complexity index is 737. The molecule has 27 heavy (non-hydrogen) atoms. The predicted octanol–water partition coefficient (Wildman–Crippen LogP) is 3.38. The summed E-state index contributed by atoms with van der Waals surface area (Å²) in [6, 6.07) is 18.1. The Morgan fingerprint density at radius 3 is 2.15 bits per heavy atom. The Morgan fingerprint density at radius 1 is 0.963 bits per heavy atom. The Labute approximate surface area is 162 Å². The van der Waals surface area contributed by atoms with E-state index in [0.29, 0.717) is 6.54 Å². The SMILES string of the molecule is CCN(CC)C(=O)c1ccc(CNC(=NC)N(C)Cc2ccccc2)cc1. The first-order valence-electron chi connectivity index (χ1n) is 9.42. The number of nitrogens with zero attached hydrogens (tertiary/aromatic N) is 3. The number of carbonyl (C=O) groups is 1. The summed E-state index contributed by atoms with van der Waals surface area (Å²) in [6.07, 6.45) is 0. The lowest BCUT2D eigenvalue weighted by atomic mass is 10.1. The van der Waals surface area contributed by atoms with Crippen LogP contribution in [0.2, 0.25) is 0 Å². The average molecular weight is 367 g/mol. The molecule has 2 aromatic carbocycles. The van der Waals surface area contributed by atoms with E-state index in [1.165, 1.54) is 5.56 Å². The molecule has 1 amide bonds. The molecule has 0 aliphatic carbocycles. The Morgan fingerprint density at radius 2 is 1.59 bits per heavy atom. The quantitative estimate of drug-likeness (QED) is 0.604. The second-order valence-electron chi connectivity index (χ2n) is 6.42. The maximum atomic E-state index is 12.4. The molecular formula is C22H30N4O. The third-order valence-electron chi connectivity index (χ3n) is 4.54. The normalized spacial score (nSPS) is 11.2. The maximum Gasteiger partial charge on any atom is 0.253 e. The van der Waals surface area contributed by atoms with Crippen molar-refractivity contribution in [3.05, 3.63) is 71.3 Å². The Hall–Kier alpha value is -2.82. The molecule has 0 aromatic heterocycles. The molecule has 5 nitrogen and oxygen atoms in total. The number of nitrogens with one attached hydrogen (secondary N) is 1. The fourth-order valence-electron chi connectivity index (χ4n) is 2.96. The molecule has 0 bridgehead atoms. The number of hydrogen-bond donors (Lipinski definition) is 1. The summed E-state index contributed by atoms with van der Waals surface area (Å²) in [5, 5.41) is 3.38. The van der Waals surface area contributed by atoms with Crippen molar-refractivity contribution in [2.45, 2.75) is 26.9 Å². The molecule has 0 heterocycles. The van der Waals surface area contributed by atoms with Gasteiger partial charge >= 0.3 is 0 Å². The van der Waals surface area contributed by atoms with Crippen LogP contribution in [0.3, 0.4) is 0 Å². The zero-order chi connectivity index (χ0) is 19.6. The van der Waals surface area contributed by atoms with E-state index in [0.717, 1.165) is 36.7 Å². The van der Waals surface area contributed by atoms with E-state index in [1.54, 1.807) is 7.05 Å². The molecule has 0 atom stereocenters. The highest BCUT2D eigenvalue weighted by molar-refractivity contribution is 5.94. The highest BCUT2D eigenvalue weighted by atomic mass is 16.2. The van der Waals surface area contributed by atoms with Crippen LogP contribution in [0.25, 0.3) is 0 Å². The van der Waals surface area contributed by atoms with Crippen LogP contribution in [0.1, 0.15) is 35.3 Å². The first-order chi connectivity index (χ1) is 13.1. The molecule has 0 aliphatic rings. The van der Waals surface area contributed by atoms with Gasteiger partial charge in [0.1, 0.15) is 0 Å². The molecule has 0 saturated carbocycles. The molecule has 0 unspecified atom stereocenters. The maximum absolute atomic E-state index is 12.4. The van der Waals surface area contributed by atoms with E-state index in [9.17, 15) is 4.79 Å². The lowest BCUT2D eigenvalue weighted by molar-refractivity contribution is 0.0773. The Balaban J connectivity index is 1.93. The number of benzene rings is 2. The van der Waals surface area contributed by atoms with Crippen LogP contribution in [0.5, 0.6) is 0 Å². The van der Waals surface area contributed by atoms with Crippen LogP contribution in [-0.2, 0) is 13.1 Å². The molecule has 0 spiro atoms. The standard InChI is InChI=1S/C22H30N4O/c1-5-26(6-2)21(27)20-14-12-18(13-15-20)16-24-22(23-3)25(4)17-19-10-8-7-9-11-19/h7-15H,5-6,16-17H2,1-4H3,(H,23,24). The predicted molar refractivity (Wildman–Crippen MR) is 112 cm³/mol. The average Bonchev–Trinajstić information content (AvgIpc) is 2.70. The summed E-state index contributed by atoms with van der Waals surface area (Å²) < 4.78 is 0. The molecule has 144 valence electrons. The second-order valence-corrected chi connectivity index (χ2v) is 6.42. The molecule has 2 aromatic rings. The van der Waals surface area contributed by atoms with Crippen LogP contribution in [0, 0.1) is 0 Å². The topological polar surface area (TPSA) is 47.9 Å². The van der Waals surface area contributed by atoms with Gasteiger partial charge in [0.05, 0.1) is 0 Å². The number of amides is 1. The van der Waals surface area contributed by atoms with Gasteiger partial charge in [-0.25, -0.2) is 0 Å². The fourth-order valence-corrected chi connectivity index (χ4v) is 2.96. The van der Waals surface area contributed by atoms with Crippen molar-refractivity contribution in [1.29, 1.82) is 0 Å². The van der Waals surface area contributed by atoms with E-state index in [4.69, 9.17) is 0 Å². The fraction of sp³-hybridized carbons (Fsp3) is 0.364. The van der Waals surface area contributed by atoms with Crippen molar-refractivity contribution >= 4 is 11.9 Å². The first-order valence-corrected chi connectivity index (χ1v) is 9.42. The Kier molecular flexibility index (Phi) is 7.86. The van der Waals surface area contributed by atoms with Gasteiger partial charge in [-0.05, 0) is 37.1 Å². The summed E-state index contributed by atoms with van der Waals surface area (Å²) in [6.45, 7) is 6.89. The van der Waals surface area contributed by atoms with Gasteiger partial charge in [-0.3, -0.25) is 9.79 Å². The highest BCUT2D eigenvalue weighted by Gasteiger charge is 2.12. The van der Waals surface area contributed by atoms with E-state index in [1.807, 2.05) is 68.3 Å². The van der Waals surface area contributed by atoms with Gasteiger partial charge in [-0.1, -0.05) is 42.5 Å². The number of carbonyl (C=O) groups excluding carboxylic acids is 1. The van der Waals surface area contributed by atoms with Crippen LogP contribution < -0.4 is 5.32 Å². The van der Waals surface area contributed by atoms with Crippen molar-refractivity contribution in [1.82, 2.24) is 15.1 Å². The molecule has 1 N–H and O–H groups in total. The number of hydrogen-bond acceptors (Lipinski definition) is 2. The van der Waals surface area contributed by atoms with Crippen molar-refractivity contribution in [2.24, 2.45) is 4.99 Å². The molecule has 0 saturated heterocycles. The first kappa shape index (κ1) is 20.5. The van der Waals surface area contributed by atoms with E-state index >= 15 is 0 Å². The lowest BCUT2D eigenvalue weighted by Crippen LogP contribution is -2.38. The minimum Gasteiger partial charge on any atom is -0.352 e. The van der Waals surface area contributed by atoms with Crippen LogP contribution in [0.4, 0.5) is 0 Å². The number of aliphatic imine (C=N–C) groups is 1. The van der Waals surface area contributed by atoms with Crippen molar-refractivity contribution in [2.75, 3.05) is 27.2 Å². The van der Waals surface area contributed by atoms with Crippen LogP contribution in [-0.4, -0.2) is 48.9 Å². The minimum absolute atomic E-state index is 0.0814. The van der Waals surface area contributed by atoms with Crippen LogP contribution >= 0.6 is 0 Å². The minimum atomic E-state index is 0.0814. The second kappa shape index (κ2) is 10.4. The van der Waals surface area contributed by atoms with Gasteiger partial charge in [0.2, 0.25) is 0 Å².